The van der Waals surface area contributed by atoms with E-state index in [1.165, 1.54) is 18.5 Å². The van der Waals surface area contributed by atoms with Crippen molar-refractivity contribution in [1.82, 2.24) is 4.37 Å². The molecule has 0 aliphatic heterocycles. The van der Waals surface area contributed by atoms with Gasteiger partial charge in [-0.3, -0.25) is 4.79 Å². The maximum absolute atomic E-state index is 11.0. The number of rotatable bonds is 2. The van der Waals surface area contributed by atoms with Crippen molar-refractivity contribution in [2.24, 2.45) is 0 Å². The molecule has 0 atom stereocenters. The summed E-state index contributed by atoms with van der Waals surface area (Å²) in [4.78, 5) is 11.0. The van der Waals surface area contributed by atoms with Gasteiger partial charge in [-0.15, -0.1) is 0 Å². The summed E-state index contributed by atoms with van der Waals surface area (Å²) >= 11 is 1.34. The molecule has 5 heteroatoms. The predicted molar refractivity (Wildman–Crippen MR) is 60.5 cm³/mol. The number of hydrogen-bond acceptors (Lipinski definition) is 4. The second-order valence-corrected chi connectivity index (χ2v) is 3.85. The SMILES string of the molecule is COc1cccc2snc(NC(C)=O)c12. The highest BCUT2D eigenvalue weighted by Gasteiger charge is 2.11. The van der Waals surface area contributed by atoms with Crippen molar-refractivity contribution in [2.45, 2.75) is 6.92 Å². The summed E-state index contributed by atoms with van der Waals surface area (Å²) in [5, 5.41) is 3.54. The summed E-state index contributed by atoms with van der Waals surface area (Å²) in [5.74, 6) is 1.16. The van der Waals surface area contributed by atoms with Crippen LogP contribution in [0, 0.1) is 0 Å². The molecule has 0 fully saturated rings. The van der Waals surface area contributed by atoms with E-state index in [1.807, 2.05) is 18.2 Å². The molecule has 78 valence electrons. The van der Waals surface area contributed by atoms with Gasteiger partial charge in [0.1, 0.15) is 5.75 Å². The Hall–Kier alpha value is -1.62. The zero-order valence-corrected chi connectivity index (χ0v) is 9.22. The number of amides is 1. The minimum absolute atomic E-state index is 0.131. The lowest BCUT2D eigenvalue weighted by atomic mass is 10.2. The molecule has 2 rings (SSSR count). The summed E-state index contributed by atoms with van der Waals surface area (Å²) in [5.41, 5.74) is 0. The first-order valence-electron chi connectivity index (χ1n) is 4.42. The molecule has 1 amide bonds. The highest BCUT2D eigenvalue weighted by Crippen LogP contribution is 2.34. The molecule has 0 saturated heterocycles. The van der Waals surface area contributed by atoms with Crippen molar-refractivity contribution in [3.63, 3.8) is 0 Å². The first kappa shape index (κ1) is 9.92. The van der Waals surface area contributed by atoms with E-state index in [9.17, 15) is 4.79 Å². The van der Waals surface area contributed by atoms with Gasteiger partial charge in [0, 0.05) is 6.92 Å². The van der Waals surface area contributed by atoms with Crippen molar-refractivity contribution in [1.29, 1.82) is 0 Å². The summed E-state index contributed by atoms with van der Waals surface area (Å²) in [6, 6.07) is 5.69. The number of aromatic nitrogens is 1. The molecule has 2 aromatic rings. The van der Waals surface area contributed by atoms with Crippen LogP contribution in [-0.2, 0) is 4.79 Å². The number of carbonyl (C=O) groups is 1. The number of anilines is 1. The van der Waals surface area contributed by atoms with Crippen LogP contribution in [0.15, 0.2) is 18.2 Å². The highest BCUT2D eigenvalue weighted by molar-refractivity contribution is 7.13. The van der Waals surface area contributed by atoms with Gasteiger partial charge in [-0.05, 0) is 23.7 Å². The smallest absolute Gasteiger partial charge is 0.222 e. The molecule has 1 aromatic heterocycles. The van der Waals surface area contributed by atoms with Crippen molar-refractivity contribution < 1.29 is 9.53 Å². The number of nitrogens with zero attached hydrogens (tertiary/aromatic N) is 1. The average Bonchev–Trinajstić information content (AvgIpc) is 2.61. The van der Waals surface area contributed by atoms with Gasteiger partial charge in [0.2, 0.25) is 5.91 Å². The summed E-state index contributed by atoms with van der Waals surface area (Å²) in [6.07, 6.45) is 0. The van der Waals surface area contributed by atoms with Gasteiger partial charge >= 0.3 is 0 Å². The number of ether oxygens (including phenoxy) is 1. The molecule has 0 bridgehead atoms. The average molecular weight is 222 g/mol. The maximum Gasteiger partial charge on any atom is 0.222 e. The Bertz CT molecular complexity index is 507. The van der Waals surface area contributed by atoms with Gasteiger partial charge in [-0.25, -0.2) is 0 Å². The number of benzene rings is 1. The third-order valence-electron chi connectivity index (χ3n) is 1.97. The largest absolute Gasteiger partial charge is 0.496 e. The molecule has 1 heterocycles. The van der Waals surface area contributed by atoms with Crippen molar-refractivity contribution in [2.75, 3.05) is 12.4 Å². The van der Waals surface area contributed by atoms with Crippen LogP contribution in [0.5, 0.6) is 5.75 Å². The van der Waals surface area contributed by atoms with Crippen LogP contribution in [0.2, 0.25) is 0 Å². The van der Waals surface area contributed by atoms with E-state index in [1.54, 1.807) is 7.11 Å². The predicted octanol–water partition coefficient (Wildman–Crippen LogP) is 2.26. The number of nitrogens with one attached hydrogen (secondary N) is 1. The minimum Gasteiger partial charge on any atom is -0.496 e. The summed E-state index contributed by atoms with van der Waals surface area (Å²) in [7, 11) is 1.60. The lowest BCUT2D eigenvalue weighted by Crippen LogP contribution is -2.06. The van der Waals surface area contributed by atoms with E-state index in [0.29, 0.717) is 5.82 Å². The molecule has 0 saturated carbocycles. The normalized spacial score (nSPS) is 10.3. The third kappa shape index (κ3) is 1.78. The molecule has 0 unspecified atom stereocenters. The van der Waals surface area contributed by atoms with E-state index in [0.717, 1.165) is 15.8 Å². The van der Waals surface area contributed by atoms with Gasteiger partial charge in [0.15, 0.2) is 5.82 Å². The molecule has 15 heavy (non-hydrogen) atoms. The van der Waals surface area contributed by atoms with Gasteiger partial charge in [0.05, 0.1) is 17.2 Å². The molecule has 0 aliphatic rings. The summed E-state index contributed by atoms with van der Waals surface area (Å²) in [6.45, 7) is 1.46. The number of fused-ring (bicyclic) bond motifs is 1. The molecule has 0 radical (unpaired) electrons. The number of carbonyl (C=O) groups excluding carboxylic acids is 1. The van der Waals surface area contributed by atoms with Crippen LogP contribution in [-0.4, -0.2) is 17.4 Å². The van der Waals surface area contributed by atoms with Crippen molar-refractivity contribution >= 4 is 33.3 Å². The molecule has 4 nitrogen and oxygen atoms in total. The Morgan fingerprint density at radius 1 is 1.53 bits per heavy atom. The number of methoxy groups -OCH3 is 1. The molecule has 1 aromatic carbocycles. The van der Waals surface area contributed by atoms with Crippen molar-refractivity contribution in [3.8, 4) is 5.75 Å². The zero-order valence-electron chi connectivity index (χ0n) is 8.40. The Morgan fingerprint density at radius 3 is 3.00 bits per heavy atom. The molecular weight excluding hydrogens is 212 g/mol. The van der Waals surface area contributed by atoms with Crippen LogP contribution in [0.25, 0.3) is 10.1 Å². The molecule has 1 N–H and O–H groups in total. The van der Waals surface area contributed by atoms with E-state index in [4.69, 9.17) is 4.74 Å². The first-order chi connectivity index (χ1) is 7.22. The Balaban J connectivity index is 2.60. The van der Waals surface area contributed by atoms with E-state index >= 15 is 0 Å². The van der Waals surface area contributed by atoms with Crippen LogP contribution >= 0.6 is 11.5 Å². The maximum atomic E-state index is 11.0. The quantitative estimate of drug-likeness (QED) is 0.848. The van der Waals surface area contributed by atoms with Crippen molar-refractivity contribution in [3.05, 3.63) is 18.2 Å². The van der Waals surface area contributed by atoms with Gasteiger partial charge < -0.3 is 10.1 Å². The fourth-order valence-corrected chi connectivity index (χ4v) is 2.14. The molecular formula is C10H10N2O2S. The van der Waals surface area contributed by atoms with Gasteiger partial charge in [0.25, 0.3) is 0 Å². The van der Waals surface area contributed by atoms with E-state index < -0.39 is 0 Å². The number of hydrogen-bond donors (Lipinski definition) is 1. The highest BCUT2D eigenvalue weighted by atomic mass is 32.1. The Labute approximate surface area is 91.0 Å². The second-order valence-electron chi connectivity index (χ2n) is 3.05. The van der Waals surface area contributed by atoms with E-state index in [2.05, 4.69) is 9.69 Å². The van der Waals surface area contributed by atoms with Crippen LogP contribution < -0.4 is 10.1 Å². The summed E-state index contributed by atoms with van der Waals surface area (Å²) < 4.78 is 10.4. The first-order valence-corrected chi connectivity index (χ1v) is 5.19. The fourth-order valence-electron chi connectivity index (χ4n) is 1.38. The van der Waals surface area contributed by atoms with Crippen LogP contribution in [0.3, 0.4) is 0 Å². The third-order valence-corrected chi connectivity index (χ3v) is 2.79. The second kappa shape index (κ2) is 3.86. The lowest BCUT2D eigenvalue weighted by Gasteiger charge is -2.03. The van der Waals surface area contributed by atoms with Gasteiger partial charge in [-0.1, -0.05) is 6.07 Å². The minimum atomic E-state index is -0.131. The topological polar surface area (TPSA) is 51.2 Å². The van der Waals surface area contributed by atoms with Crippen LogP contribution in [0.1, 0.15) is 6.92 Å². The monoisotopic (exact) mass is 222 g/mol. The Kier molecular flexibility index (Phi) is 2.55. The van der Waals surface area contributed by atoms with Gasteiger partial charge in [-0.2, -0.15) is 4.37 Å². The fraction of sp³-hybridized carbons (Fsp3) is 0.200. The Morgan fingerprint density at radius 2 is 2.33 bits per heavy atom. The standard InChI is InChI=1S/C10H10N2O2S/c1-6(13)11-10-9-7(14-2)4-3-5-8(9)15-12-10/h3-5H,1-2H3,(H,11,12,13). The molecule has 0 aliphatic carbocycles. The zero-order chi connectivity index (χ0) is 10.8. The molecule has 0 spiro atoms. The van der Waals surface area contributed by atoms with E-state index in [-0.39, 0.29) is 5.91 Å². The van der Waals surface area contributed by atoms with Crippen LogP contribution in [0.4, 0.5) is 5.82 Å². The lowest BCUT2D eigenvalue weighted by molar-refractivity contribution is -0.114.